The number of rotatable bonds is 4. The minimum absolute atomic E-state index is 0.249. The van der Waals surface area contributed by atoms with E-state index in [1.165, 1.54) is 0 Å². The van der Waals surface area contributed by atoms with E-state index in [4.69, 9.17) is 16.3 Å². The number of carbonyl (C=O) groups excluding carboxylic acids is 1. The SMILES string of the molecule is COc1cccc(NC(=O)c2cnc(N3CCC(C)CC3)c(Cl)c2)c1. The molecule has 2 heterocycles. The van der Waals surface area contributed by atoms with Crippen molar-refractivity contribution in [2.24, 2.45) is 5.92 Å². The van der Waals surface area contributed by atoms with Crippen molar-refractivity contribution in [3.05, 3.63) is 47.1 Å². The summed E-state index contributed by atoms with van der Waals surface area (Å²) in [6.07, 6.45) is 3.85. The fourth-order valence-electron chi connectivity index (χ4n) is 2.91. The number of carbonyl (C=O) groups is 1. The Bertz CT molecular complexity index is 758. The summed E-state index contributed by atoms with van der Waals surface area (Å²) in [5.41, 5.74) is 1.09. The molecule has 0 atom stereocenters. The number of nitrogens with zero attached hydrogens (tertiary/aromatic N) is 2. The number of ether oxygens (including phenoxy) is 1. The molecule has 1 aliphatic heterocycles. The third-order valence-corrected chi connectivity index (χ3v) is 4.77. The van der Waals surface area contributed by atoms with Gasteiger partial charge in [0, 0.05) is 31.0 Å². The van der Waals surface area contributed by atoms with Gasteiger partial charge in [0.15, 0.2) is 0 Å². The quantitative estimate of drug-likeness (QED) is 0.887. The highest BCUT2D eigenvalue weighted by Gasteiger charge is 2.20. The fraction of sp³-hybridized carbons (Fsp3) is 0.368. The average Bonchev–Trinajstić information content (AvgIpc) is 2.62. The first-order valence-electron chi connectivity index (χ1n) is 8.42. The lowest BCUT2D eigenvalue weighted by atomic mass is 9.99. The van der Waals surface area contributed by atoms with Gasteiger partial charge in [-0.25, -0.2) is 4.98 Å². The first-order chi connectivity index (χ1) is 12.1. The third kappa shape index (κ3) is 4.23. The van der Waals surface area contributed by atoms with Crippen molar-refractivity contribution in [1.29, 1.82) is 0 Å². The highest BCUT2D eigenvalue weighted by atomic mass is 35.5. The number of amides is 1. The second kappa shape index (κ2) is 7.74. The first kappa shape index (κ1) is 17.5. The van der Waals surface area contributed by atoms with E-state index < -0.39 is 0 Å². The lowest BCUT2D eigenvalue weighted by Crippen LogP contribution is -2.33. The molecular weight excluding hydrogens is 338 g/mol. The summed E-state index contributed by atoms with van der Waals surface area (Å²) >= 11 is 6.39. The Kier molecular flexibility index (Phi) is 5.43. The predicted octanol–water partition coefficient (Wildman–Crippen LogP) is 4.23. The van der Waals surface area contributed by atoms with E-state index >= 15 is 0 Å². The molecule has 25 heavy (non-hydrogen) atoms. The van der Waals surface area contributed by atoms with Gasteiger partial charge in [-0.1, -0.05) is 24.6 Å². The second-order valence-corrected chi connectivity index (χ2v) is 6.79. The highest BCUT2D eigenvalue weighted by Crippen LogP contribution is 2.28. The average molecular weight is 360 g/mol. The summed E-state index contributed by atoms with van der Waals surface area (Å²) in [6.45, 7) is 4.16. The maximum atomic E-state index is 12.4. The zero-order valence-electron chi connectivity index (χ0n) is 14.5. The molecule has 1 fully saturated rings. The number of benzene rings is 1. The number of pyridine rings is 1. The molecule has 1 amide bonds. The van der Waals surface area contributed by atoms with Gasteiger partial charge in [-0.3, -0.25) is 4.79 Å². The molecule has 1 N–H and O–H groups in total. The van der Waals surface area contributed by atoms with Crippen LogP contribution in [0, 0.1) is 5.92 Å². The fourth-order valence-corrected chi connectivity index (χ4v) is 3.20. The number of hydrogen-bond acceptors (Lipinski definition) is 4. The van der Waals surface area contributed by atoms with E-state index in [-0.39, 0.29) is 5.91 Å². The molecule has 0 radical (unpaired) electrons. The molecule has 1 aromatic heterocycles. The summed E-state index contributed by atoms with van der Waals surface area (Å²) in [4.78, 5) is 19.1. The van der Waals surface area contributed by atoms with Crippen molar-refractivity contribution in [2.45, 2.75) is 19.8 Å². The zero-order valence-corrected chi connectivity index (χ0v) is 15.2. The number of nitrogens with one attached hydrogen (secondary N) is 1. The summed E-state index contributed by atoms with van der Waals surface area (Å²) in [5.74, 6) is 1.93. The van der Waals surface area contributed by atoms with Crippen molar-refractivity contribution in [2.75, 3.05) is 30.4 Å². The lowest BCUT2D eigenvalue weighted by molar-refractivity contribution is 0.102. The van der Waals surface area contributed by atoms with Gasteiger partial charge in [-0.2, -0.15) is 0 Å². The van der Waals surface area contributed by atoms with E-state index in [9.17, 15) is 4.79 Å². The number of piperidine rings is 1. The smallest absolute Gasteiger partial charge is 0.257 e. The van der Waals surface area contributed by atoms with E-state index in [0.29, 0.717) is 22.0 Å². The van der Waals surface area contributed by atoms with Gasteiger partial charge >= 0.3 is 0 Å². The van der Waals surface area contributed by atoms with Gasteiger partial charge in [0.25, 0.3) is 5.91 Å². The molecular formula is C19H22ClN3O2. The maximum Gasteiger partial charge on any atom is 0.257 e. The second-order valence-electron chi connectivity index (χ2n) is 6.39. The number of aromatic nitrogens is 1. The van der Waals surface area contributed by atoms with E-state index in [0.717, 1.165) is 37.7 Å². The molecule has 0 unspecified atom stereocenters. The Hall–Kier alpha value is -2.27. The Morgan fingerprint density at radius 3 is 2.76 bits per heavy atom. The Labute approximate surface area is 153 Å². The minimum Gasteiger partial charge on any atom is -0.497 e. The molecule has 6 heteroatoms. The van der Waals surface area contributed by atoms with Gasteiger partial charge in [-0.05, 0) is 37.0 Å². The monoisotopic (exact) mass is 359 g/mol. The van der Waals surface area contributed by atoms with Crippen LogP contribution in [-0.4, -0.2) is 31.1 Å². The van der Waals surface area contributed by atoms with Crippen LogP contribution in [0.3, 0.4) is 0 Å². The number of methoxy groups -OCH3 is 1. The molecule has 1 aliphatic rings. The number of anilines is 2. The van der Waals surface area contributed by atoms with Crippen LogP contribution in [-0.2, 0) is 0 Å². The van der Waals surface area contributed by atoms with Gasteiger partial charge in [0.1, 0.15) is 11.6 Å². The van der Waals surface area contributed by atoms with Crippen molar-refractivity contribution in [1.82, 2.24) is 4.98 Å². The van der Waals surface area contributed by atoms with Gasteiger partial charge in [-0.15, -0.1) is 0 Å². The van der Waals surface area contributed by atoms with Gasteiger partial charge in [0.05, 0.1) is 17.7 Å². The van der Waals surface area contributed by atoms with E-state index in [1.54, 1.807) is 31.5 Å². The molecule has 0 spiro atoms. The summed E-state index contributed by atoms with van der Waals surface area (Å²) in [5, 5.41) is 3.34. The largest absolute Gasteiger partial charge is 0.497 e. The van der Waals surface area contributed by atoms with Crippen molar-refractivity contribution < 1.29 is 9.53 Å². The van der Waals surface area contributed by atoms with Crippen molar-refractivity contribution in [3.63, 3.8) is 0 Å². The van der Waals surface area contributed by atoms with Crippen molar-refractivity contribution >= 4 is 29.0 Å². The Balaban J connectivity index is 1.72. The summed E-state index contributed by atoms with van der Waals surface area (Å²) in [6, 6.07) is 8.88. The van der Waals surface area contributed by atoms with Crippen LogP contribution in [0.2, 0.25) is 5.02 Å². The van der Waals surface area contributed by atoms with Crippen LogP contribution in [0.1, 0.15) is 30.1 Å². The van der Waals surface area contributed by atoms with Crippen LogP contribution >= 0.6 is 11.6 Å². The highest BCUT2D eigenvalue weighted by molar-refractivity contribution is 6.33. The molecule has 0 saturated carbocycles. The lowest BCUT2D eigenvalue weighted by Gasteiger charge is -2.31. The minimum atomic E-state index is -0.249. The summed E-state index contributed by atoms with van der Waals surface area (Å²) < 4.78 is 5.16. The van der Waals surface area contributed by atoms with Gasteiger partial charge in [0.2, 0.25) is 0 Å². The van der Waals surface area contributed by atoms with Crippen LogP contribution in [0.25, 0.3) is 0 Å². The molecule has 1 aromatic carbocycles. The predicted molar refractivity (Wildman–Crippen MR) is 101 cm³/mol. The molecule has 132 valence electrons. The topological polar surface area (TPSA) is 54.5 Å². The Morgan fingerprint density at radius 1 is 1.32 bits per heavy atom. The van der Waals surface area contributed by atoms with E-state index in [1.807, 2.05) is 12.1 Å². The number of hydrogen-bond donors (Lipinski definition) is 1. The molecule has 0 aliphatic carbocycles. The molecule has 5 nitrogen and oxygen atoms in total. The Morgan fingerprint density at radius 2 is 2.08 bits per heavy atom. The van der Waals surface area contributed by atoms with E-state index in [2.05, 4.69) is 22.1 Å². The maximum absolute atomic E-state index is 12.4. The van der Waals surface area contributed by atoms with Crippen LogP contribution < -0.4 is 15.0 Å². The van der Waals surface area contributed by atoms with Crippen molar-refractivity contribution in [3.8, 4) is 5.75 Å². The zero-order chi connectivity index (χ0) is 17.8. The molecule has 1 saturated heterocycles. The summed E-state index contributed by atoms with van der Waals surface area (Å²) in [7, 11) is 1.59. The van der Waals surface area contributed by atoms with Crippen LogP contribution in [0.5, 0.6) is 5.75 Å². The normalized spacial score (nSPS) is 15.1. The standard InChI is InChI=1S/C19H22ClN3O2/c1-13-6-8-23(9-7-13)18-17(20)10-14(12-21-18)19(24)22-15-4-3-5-16(11-15)25-2/h3-5,10-13H,6-9H2,1-2H3,(H,22,24). The molecule has 3 rings (SSSR count). The van der Waals surface area contributed by atoms with Crippen LogP contribution in [0.15, 0.2) is 36.5 Å². The number of halogens is 1. The van der Waals surface area contributed by atoms with Gasteiger partial charge < -0.3 is 15.0 Å². The van der Waals surface area contributed by atoms with Crippen LogP contribution in [0.4, 0.5) is 11.5 Å². The first-order valence-corrected chi connectivity index (χ1v) is 8.80. The third-order valence-electron chi connectivity index (χ3n) is 4.49. The molecule has 0 bridgehead atoms. The molecule has 2 aromatic rings.